The number of nitrogens with zero attached hydrogens (tertiary/aromatic N) is 1. The molecular weight excluding hydrogens is 375 g/mol. The number of rotatable bonds is 7. The second-order valence-corrected chi connectivity index (χ2v) is 7.04. The monoisotopic (exact) mass is 402 g/mol. The number of halogens is 1. The van der Waals surface area contributed by atoms with Crippen LogP contribution in [0.25, 0.3) is 0 Å². The molecule has 156 valence electrons. The van der Waals surface area contributed by atoms with Crippen LogP contribution >= 0.6 is 0 Å². The summed E-state index contributed by atoms with van der Waals surface area (Å²) in [7, 11) is 4.69. The first-order valence-electron chi connectivity index (χ1n) is 9.54. The summed E-state index contributed by atoms with van der Waals surface area (Å²) < 4.78 is 29.6. The van der Waals surface area contributed by atoms with Gasteiger partial charge in [-0.3, -0.25) is 9.69 Å². The molecule has 1 heterocycles. The summed E-state index contributed by atoms with van der Waals surface area (Å²) >= 11 is 0. The van der Waals surface area contributed by atoms with E-state index in [0.29, 0.717) is 23.8 Å². The average molecular weight is 402 g/mol. The van der Waals surface area contributed by atoms with Gasteiger partial charge in [-0.05, 0) is 42.7 Å². The summed E-state index contributed by atoms with van der Waals surface area (Å²) in [5, 5.41) is 2.93. The van der Waals surface area contributed by atoms with Crippen LogP contribution < -0.4 is 19.5 Å². The van der Waals surface area contributed by atoms with Gasteiger partial charge >= 0.3 is 0 Å². The van der Waals surface area contributed by atoms with E-state index in [1.54, 1.807) is 39.5 Å². The zero-order chi connectivity index (χ0) is 21.0. The van der Waals surface area contributed by atoms with Crippen molar-refractivity contribution in [2.24, 2.45) is 0 Å². The number of carbonyl (C=O) groups is 1. The Kier molecular flexibility index (Phi) is 6.59. The maximum absolute atomic E-state index is 13.6. The fraction of sp³-hybridized carbons (Fsp3) is 0.409. The van der Waals surface area contributed by atoms with Crippen LogP contribution in [-0.2, 0) is 17.8 Å². The Hall–Kier alpha value is -2.80. The lowest BCUT2D eigenvalue weighted by Crippen LogP contribution is -2.41. The first kappa shape index (κ1) is 20.9. The van der Waals surface area contributed by atoms with Crippen molar-refractivity contribution in [3.8, 4) is 17.2 Å². The van der Waals surface area contributed by atoms with E-state index >= 15 is 0 Å². The van der Waals surface area contributed by atoms with E-state index in [4.69, 9.17) is 14.2 Å². The highest BCUT2D eigenvalue weighted by Crippen LogP contribution is 2.34. The molecule has 6 nitrogen and oxygen atoms in total. The molecule has 1 unspecified atom stereocenters. The Morgan fingerprint density at radius 3 is 2.48 bits per heavy atom. The third kappa shape index (κ3) is 4.62. The van der Waals surface area contributed by atoms with Gasteiger partial charge in [0.1, 0.15) is 11.6 Å². The van der Waals surface area contributed by atoms with Gasteiger partial charge in [-0.2, -0.15) is 0 Å². The number of amides is 1. The molecule has 0 saturated carbocycles. The molecule has 0 bridgehead atoms. The summed E-state index contributed by atoms with van der Waals surface area (Å²) in [4.78, 5) is 14.6. The molecule has 0 aliphatic carbocycles. The number of hydrogen-bond donors (Lipinski definition) is 1. The maximum Gasteiger partial charge on any atom is 0.234 e. The predicted octanol–water partition coefficient (Wildman–Crippen LogP) is 3.09. The molecular formula is C22H27FN2O4. The van der Waals surface area contributed by atoms with E-state index < -0.39 is 0 Å². The van der Waals surface area contributed by atoms with Crippen LogP contribution in [0.4, 0.5) is 4.39 Å². The molecule has 1 aliphatic heterocycles. The second kappa shape index (κ2) is 9.13. The number of hydrogen-bond acceptors (Lipinski definition) is 5. The molecule has 1 aliphatic rings. The quantitative estimate of drug-likeness (QED) is 0.771. The van der Waals surface area contributed by atoms with E-state index in [9.17, 15) is 9.18 Å². The fourth-order valence-electron chi connectivity index (χ4n) is 3.72. The van der Waals surface area contributed by atoms with Crippen molar-refractivity contribution < 1.29 is 23.4 Å². The number of fused-ring (bicyclic) bond motifs is 1. The van der Waals surface area contributed by atoms with E-state index in [-0.39, 0.29) is 24.3 Å². The molecule has 1 N–H and O–H groups in total. The first-order valence-corrected chi connectivity index (χ1v) is 9.54. The Morgan fingerprint density at radius 2 is 1.79 bits per heavy atom. The Bertz CT molecular complexity index is 887. The van der Waals surface area contributed by atoms with E-state index in [0.717, 1.165) is 29.7 Å². The van der Waals surface area contributed by atoms with Gasteiger partial charge < -0.3 is 19.5 Å². The van der Waals surface area contributed by atoms with Gasteiger partial charge in [-0.25, -0.2) is 4.39 Å². The van der Waals surface area contributed by atoms with Gasteiger partial charge in [-0.15, -0.1) is 0 Å². The van der Waals surface area contributed by atoms with Crippen molar-refractivity contribution in [3.05, 3.63) is 52.8 Å². The van der Waals surface area contributed by atoms with Crippen LogP contribution in [0, 0.1) is 5.82 Å². The van der Waals surface area contributed by atoms with Gasteiger partial charge in [0.05, 0.1) is 27.9 Å². The van der Waals surface area contributed by atoms with Gasteiger partial charge in [0.2, 0.25) is 5.91 Å². The minimum Gasteiger partial charge on any atom is -0.496 e. The highest BCUT2D eigenvalue weighted by atomic mass is 19.1. The minimum absolute atomic E-state index is 0.0178. The third-order valence-corrected chi connectivity index (χ3v) is 5.38. The standard InChI is InChI=1S/C22H27FN2O4/c1-14-18-10-17(23)6-5-15(18)7-8-25(14)13-22(26)24-12-16-9-20(28-3)21(29-4)11-19(16)27-2/h5-6,9-11,14H,7-8,12-13H2,1-4H3,(H,24,26). The normalized spacial score (nSPS) is 16.1. The van der Waals surface area contributed by atoms with Gasteiger partial charge in [0.15, 0.2) is 11.5 Å². The summed E-state index contributed by atoms with van der Waals surface area (Å²) in [5.74, 6) is 1.39. The lowest BCUT2D eigenvalue weighted by Gasteiger charge is -2.34. The topological polar surface area (TPSA) is 60.0 Å². The largest absolute Gasteiger partial charge is 0.496 e. The van der Waals surface area contributed by atoms with Crippen molar-refractivity contribution in [1.82, 2.24) is 10.2 Å². The molecule has 0 spiro atoms. The van der Waals surface area contributed by atoms with Crippen LogP contribution in [0.3, 0.4) is 0 Å². The SMILES string of the molecule is COc1cc(OC)c(OC)cc1CNC(=O)CN1CCc2ccc(F)cc2C1C. The molecule has 3 rings (SSSR count). The van der Waals surface area contributed by atoms with Crippen LogP contribution in [-0.4, -0.2) is 45.2 Å². The molecule has 1 atom stereocenters. The summed E-state index contributed by atoms with van der Waals surface area (Å²) in [6.07, 6.45) is 0.802. The molecule has 29 heavy (non-hydrogen) atoms. The van der Waals surface area contributed by atoms with Crippen molar-refractivity contribution in [1.29, 1.82) is 0 Å². The predicted molar refractivity (Wildman–Crippen MR) is 108 cm³/mol. The molecule has 0 saturated heterocycles. The zero-order valence-electron chi connectivity index (χ0n) is 17.3. The molecule has 0 aromatic heterocycles. The van der Waals surface area contributed by atoms with Gasteiger partial charge in [-0.1, -0.05) is 6.07 Å². The van der Waals surface area contributed by atoms with Gasteiger partial charge in [0, 0.05) is 30.8 Å². The lowest BCUT2D eigenvalue weighted by molar-refractivity contribution is -0.123. The molecule has 7 heteroatoms. The highest BCUT2D eigenvalue weighted by molar-refractivity contribution is 5.78. The van der Waals surface area contributed by atoms with Crippen molar-refractivity contribution in [2.45, 2.75) is 25.9 Å². The smallest absolute Gasteiger partial charge is 0.234 e. The van der Waals surface area contributed by atoms with Crippen LogP contribution in [0.5, 0.6) is 17.2 Å². The third-order valence-electron chi connectivity index (χ3n) is 5.38. The zero-order valence-corrected chi connectivity index (χ0v) is 17.3. The first-order chi connectivity index (χ1) is 14.0. The number of benzene rings is 2. The highest BCUT2D eigenvalue weighted by Gasteiger charge is 2.25. The van der Waals surface area contributed by atoms with Crippen molar-refractivity contribution >= 4 is 5.91 Å². The number of ether oxygens (including phenoxy) is 3. The Balaban J connectivity index is 1.65. The Labute approximate surface area is 170 Å². The van der Waals surface area contributed by atoms with E-state index in [1.165, 1.54) is 6.07 Å². The van der Waals surface area contributed by atoms with Gasteiger partial charge in [0.25, 0.3) is 0 Å². The molecule has 0 fully saturated rings. The number of nitrogens with one attached hydrogen (secondary N) is 1. The average Bonchev–Trinajstić information content (AvgIpc) is 2.73. The van der Waals surface area contributed by atoms with E-state index in [1.807, 2.05) is 13.0 Å². The Morgan fingerprint density at radius 1 is 1.10 bits per heavy atom. The molecule has 0 radical (unpaired) electrons. The summed E-state index contributed by atoms with van der Waals surface area (Å²) in [6, 6.07) is 8.40. The van der Waals surface area contributed by atoms with Crippen LogP contribution in [0.1, 0.15) is 29.7 Å². The minimum atomic E-state index is -0.248. The fourth-order valence-corrected chi connectivity index (χ4v) is 3.72. The second-order valence-electron chi connectivity index (χ2n) is 7.04. The molecule has 2 aromatic rings. The maximum atomic E-state index is 13.6. The number of carbonyl (C=O) groups excluding carboxylic acids is 1. The van der Waals surface area contributed by atoms with Crippen molar-refractivity contribution in [2.75, 3.05) is 34.4 Å². The summed E-state index contributed by atoms with van der Waals surface area (Å²) in [6.45, 7) is 3.30. The van der Waals surface area contributed by atoms with Crippen LogP contribution in [0.15, 0.2) is 30.3 Å². The lowest BCUT2D eigenvalue weighted by atomic mass is 9.93. The van der Waals surface area contributed by atoms with E-state index in [2.05, 4.69) is 10.2 Å². The summed E-state index contributed by atoms with van der Waals surface area (Å²) in [5.41, 5.74) is 2.88. The molecule has 1 amide bonds. The number of methoxy groups -OCH3 is 3. The van der Waals surface area contributed by atoms with Crippen LogP contribution in [0.2, 0.25) is 0 Å². The van der Waals surface area contributed by atoms with Crippen molar-refractivity contribution in [3.63, 3.8) is 0 Å². The molecule has 2 aromatic carbocycles.